The van der Waals surface area contributed by atoms with Crippen molar-refractivity contribution in [1.29, 1.82) is 0 Å². The molecule has 4 nitrogen and oxygen atoms in total. The molecule has 0 spiro atoms. The van der Waals surface area contributed by atoms with Crippen molar-refractivity contribution >= 4 is 5.97 Å². The van der Waals surface area contributed by atoms with Crippen LogP contribution in [0.15, 0.2) is 0 Å². The van der Waals surface area contributed by atoms with Crippen molar-refractivity contribution in [1.82, 2.24) is 10.2 Å². The number of nitrogens with one attached hydrogen (secondary N) is 1. The second kappa shape index (κ2) is 3.60. The van der Waals surface area contributed by atoms with Crippen LogP contribution in [-0.2, 0) is 6.42 Å². The van der Waals surface area contributed by atoms with Crippen molar-refractivity contribution in [2.45, 2.75) is 27.2 Å². The quantitative estimate of drug-likeness (QED) is 0.746. The van der Waals surface area contributed by atoms with Crippen LogP contribution in [0.25, 0.3) is 0 Å². The molecule has 4 heteroatoms. The van der Waals surface area contributed by atoms with E-state index in [4.69, 9.17) is 5.11 Å². The van der Waals surface area contributed by atoms with E-state index in [1.54, 1.807) is 6.92 Å². The molecule has 1 aromatic rings. The van der Waals surface area contributed by atoms with Gasteiger partial charge in [0.15, 0.2) is 0 Å². The molecule has 2 N–H and O–H groups in total. The van der Waals surface area contributed by atoms with Crippen molar-refractivity contribution in [3.63, 3.8) is 0 Å². The third-order valence-electron chi connectivity index (χ3n) is 1.84. The van der Waals surface area contributed by atoms with Gasteiger partial charge in [0.05, 0.1) is 5.69 Å². The van der Waals surface area contributed by atoms with Crippen molar-refractivity contribution in [3.05, 3.63) is 17.0 Å². The third kappa shape index (κ3) is 2.08. The Labute approximate surface area is 77.0 Å². The van der Waals surface area contributed by atoms with Gasteiger partial charge in [0.25, 0.3) is 0 Å². The maximum Gasteiger partial charge on any atom is 0.339 e. The number of hydrogen-bond donors (Lipinski definition) is 2. The largest absolute Gasteiger partial charge is 0.478 e. The number of carboxylic acid groups (broad SMARTS) is 1. The number of rotatable bonds is 3. The summed E-state index contributed by atoms with van der Waals surface area (Å²) in [5, 5.41) is 15.6. The summed E-state index contributed by atoms with van der Waals surface area (Å²) < 4.78 is 0. The van der Waals surface area contributed by atoms with Gasteiger partial charge in [0.1, 0.15) is 5.56 Å². The van der Waals surface area contributed by atoms with Crippen LogP contribution in [-0.4, -0.2) is 21.3 Å². The second-order valence-corrected chi connectivity index (χ2v) is 3.57. The minimum absolute atomic E-state index is 0.328. The van der Waals surface area contributed by atoms with Crippen molar-refractivity contribution in [3.8, 4) is 0 Å². The van der Waals surface area contributed by atoms with Gasteiger partial charge in [-0.25, -0.2) is 4.79 Å². The number of hydrogen-bond acceptors (Lipinski definition) is 2. The monoisotopic (exact) mass is 182 g/mol. The average Bonchev–Trinajstić information content (AvgIpc) is 2.30. The number of nitrogens with zero attached hydrogens (tertiary/aromatic N) is 1. The van der Waals surface area contributed by atoms with E-state index in [9.17, 15) is 4.79 Å². The number of aromatic carboxylic acids is 1. The van der Waals surface area contributed by atoms with Crippen LogP contribution < -0.4 is 0 Å². The lowest BCUT2D eigenvalue weighted by Gasteiger charge is -2.01. The standard InChI is InChI=1S/C9H14N2O2/c1-5(2)4-7-8(9(12)13)6(3)10-11-7/h5H,4H2,1-3H3,(H,10,11)(H,12,13). The van der Waals surface area contributed by atoms with Gasteiger partial charge in [-0.2, -0.15) is 5.10 Å². The molecule has 0 bridgehead atoms. The second-order valence-electron chi connectivity index (χ2n) is 3.57. The molecular formula is C9H14N2O2. The van der Waals surface area contributed by atoms with Gasteiger partial charge in [0, 0.05) is 5.69 Å². The van der Waals surface area contributed by atoms with Gasteiger partial charge in [-0.3, -0.25) is 5.10 Å². The van der Waals surface area contributed by atoms with Crippen LogP contribution >= 0.6 is 0 Å². The fourth-order valence-electron chi connectivity index (χ4n) is 1.30. The summed E-state index contributed by atoms with van der Waals surface area (Å²) >= 11 is 0. The molecule has 0 aliphatic carbocycles. The van der Waals surface area contributed by atoms with Gasteiger partial charge in [-0.1, -0.05) is 13.8 Å². The highest BCUT2D eigenvalue weighted by Gasteiger charge is 2.17. The number of aromatic nitrogens is 2. The van der Waals surface area contributed by atoms with E-state index < -0.39 is 5.97 Å². The number of carbonyl (C=O) groups is 1. The van der Waals surface area contributed by atoms with Crippen LogP contribution in [0, 0.1) is 12.8 Å². The van der Waals surface area contributed by atoms with E-state index in [0.717, 1.165) is 0 Å². The lowest BCUT2D eigenvalue weighted by atomic mass is 10.0. The Morgan fingerprint density at radius 1 is 1.62 bits per heavy atom. The molecular weight excluding hydrogens is 168 g/mol. The van der Waals surface area contributed by atoms with E-state index in [1.165, 1.54) is 0 Å². The number of H-pyrrole nitrogens is 1. The minimum atomic E-state index is -0.901. The summed E-state index contributed by atoms with van der Waals surface area (Å²) in [6.07, 6.45) is 0.700. The Morgan fingerprint density at radius 3 is 2.69 bits per heavy atom. The average molecular weight is 182 g/mol. The molecule has 1 aromatic heterocycles. The van der Waals surface area contributed by atoms with Crippen LogP contribution in [0.5, 0.6) is 0 Å². The van der Waals surface area contributed by atoms with Crippen LogP contribution in [0.1, 0.15) is 35.6 Å². The van der Waals surface area contributed by atoms with Crippen molar-refractivity contribution in [2.75, 3.05) is 0 Å². The zero-order chi connectivity index (χ0) is 10.0. The molecule has 0 atom stereocenters. The number of aryl methyl sites for hydroxylation is 1. The first-order chi connectivity index (χ1) is 6.02. The maximum atomic E-state index is 10.8. The summed E-state index contributed by atoms with van der Waals surface area (Å²) in [7, 11) is 0. The third-order valence-corrected chi connectivity index (χ3v) is 1.84. The predicted octanol–water partition coefficient (Wildman–Crippen LogP) is 1.61. The smallest absolute Gasteiger partial charge is 0.339 e. The Hall–Kier alpha value is -1.32. The van der Waals surface area contributed by atoms with E-state index in [0.29, 0.717) is 29.3 Å². The highest BCUT2D eigenvalue weighted by Crippen LogP contribution is 2.14. The zero-order valence-electron chi connectivity index (χ0n) is 8.09. The molecule has 72 valence electrons. The molecule has 0 amide bonds. The Kier molecular flexibility index (Phi) is 2.70. The molecule has 0 radical (unpaired) electrons. The van der Waals surface area contributed by atoms with E-state index in [-0.39, 0.29) is 0 Å². The van der Waals surface area contributed by atoms with Gasteiger partial charge in [0.2, 0.25) is 0 Å². The lowest BCUT2D eigenvalue weighted by molar-refractivity contribution is 0.0695. The fourth-order valence-corrected chi connectivity index (χ4v) is 1.30. The van der Waals surface area contributed by atoms with E-state index >= 15 is 0 Å². The lowest BCUT2D eigenvalue weighted by Crippen LogP contribution is -2.04. The Bertz CT molecular complexity index is 315. The molecule has 0 saturated carbocycles. The highest BCUT2D eigenvalue weighted by molar-refractivity contribution is 5.90. The van der Waals surface area contributed by atoms with Crippen LogP contribution in [0.2, 0.25) is 0 Å². The molecule has 0 aliphatic rings. The van der Waals surface area contributed by atoms with Crippen molar-refractivity contribution in [2.24, 2.45) is 5.92 Å². The summed E-state index contributed by atoms with van der Waals surface area (Å²) in [6, 6.07) is 0. The minimum Gasteiger partial charge on any atom is -0.478 e. The normalized spacial score (nSPS) is 10.8. The SMILES string of the molecule is Cc1[nH]nc(CC(C)C)c1C(=O)O. The Morgan fingerprint density at radius 2 is 2.23 bits per heavy atom. The van der Waals surface area contributed by atoms with Crippen LogP contribution in [0.3, 0.4) is 0 Å². The molecule has 1 rings (SSSR count). The summed E-state index contributed by atoms with van der Waals surface area (Å²) in [4.78, 5) is 10.8. The molecule has 0 aliphatic heterocycles. The summed E-state index contributed by atoms with van der Waals surface area (Å²) in [6.45, 7) is 5.80. The molecule has 0 saturated heterocycles. The zero-order valence-corrected chi connectivity index (χ0v) is 8.09. The topological polar surface area (TPSA) is 66.0 Å². The van der Waals surface area contributed by atoms with Gasteiger partial charge < -0.3 is 5.11 Å². The molecule has 13 heavy (non-hydrogen) atoms. The van der Waals surface area contributed by atoms with Gasteiger partial charge in [-0.05, 0) is 19.3 Å². The summed E-state index contributed by atoms with van der Waals surface area (Å²) in [5.41, 5.74) is 1.61. The molecule has 0 unspecified atom stereocenters. The molecule has 0 fully saturated rings. The first-order valence-corrected chi connectivity index (χ1v) is 4.29. The fraction of sp³-hybridized carbons (Fsp3) is 0.556. The van der Waals surface area contributed by atoms with Gasteiger partial charge in [-0.15, -0.1) is 0 Å². The maximum absolute atomic E-state index is 10.8. The van der Waals surface area contributed by atoms with Crippen LogP contribution in [0.4, 0.5) is 0 Å². The first kappa shape index (κ1) is 9.77. The summed E-state index contributed by atoms with van der Waals surface area (Å²) in [5.74, 6) is -0.484. The van der Waals surface area contributed by atoms with Gasteiger partial charge >= 0.3 is 5.97 Å². The van der Waals surface area contributed by atoms with Crippen molar-refractivity contribution < 1.29 is 9.90 Å². The predicted molar refractivity (Wildman–Crippen MR) is 48.8 cm³/mol. The first-order valence-electron chi connectivity index (χ1n) is 4.29. The molecule has 1 heterocycles. The number of carboxylic acids is 1. The van der Waals surface area contributed by atoms with E-state index in [2.05, 4.69) is 10.2 Å². The van der Waals surface area contributed by atoms with E-state index in [1.807, 2.05) is 13.8 Å². The highest BCUT2D eigenvalue weighted by atomic mass is 16.4. The number of aromatic amines is 1. The Balaban J connectivity index is 3.00. The molecule has 0 aromatic carbocycles.